The lowest BCUT2D eigenvalue weighted by Gasteiger charge is -2.32. The van der Waals surface area contributed by atoms with Crippen LogP contribution in [0.2, 0.25) is 0 Å². The second kappa shape index (κ2) is 6.09. The van der Waals surface area contributed by atoms with Crippen molar-refractivity contribution in [3.8, 4) is 0 Å². The van der Waals surface area contributed by atoms with Gasteiger partial charge in [0.15, 0.2) is 0 Å². The van der Waals surface area contributed by atoms with E-state index in [0.717, 1.165) is 17.8 Å². The molecule has 0 saturated heterocycles. The Morgan fingerprint density at radius 2 is 2.15 bits per heavy atom. The molecule has 0 amide bonds. The van der Waals surface area contributed by atoms with Gasteiger partial charge < -0.3 is 4.84 Å². The van der Waals surface area contributed by atoms with Crippen LogP contribution in [0.1, 0.15) is 29.8 Å². The van der Waals surface area contributed by atoms with Crippen LogP contribution in [0.3, 0.4) is 0 Å². The number of carbonyl (C=O) groups is 1. The van der Waals surface area contributed by atoms with Crippen molar-refractivity contribution in [1.29, 1.82) is 0 Å². The van der Waals surface area contributed by atoms with E-state index in [9.17, 15) is 4.79 Å². The lowest BCUT2D eigenvalue weighted by Crippen LogP contribution is -2.40. The summed E-state index contributed by atoms with van der Waals surface area (Å²) < 4.78 is 0. The summed E-state index contributed by atoms with van der Waals surface area (Å²) in [5.41, 5.74) is 5.40. The third-order valence-corrected chi connectivity index (χ3v) is 3.72. The topological polar surface area (TPSA) is 41.6 Å². The van der Waals surface area contributed by atoms with Crippen LogP contribution in [0, 0.1) is 12.8 Å². The molecule has 0 fully saturated rings. The lowest BCUT2D eigenvalue weighted by atomic mass is 10.0. The van der Waals surface area contributed by atoms with Crippen LogP contribution in [0.4, 0.5) is 0 Å². The Bertz CT molecular complexity index is 525. The second-order valence-electron chi connectivity index (χ2n) is 5.56. The van der Waals surface area contributed by atoms with Crippen LogP contribution in [-0.4, -0.2) is 30.5 Å². The molecule has 1 aliphatic rings. The van der Waals surface area contributed by atoms with Crippen molar-refractivity contribution in [3.05, 3.63) is 47.2 Å². The molecule has 0 bridgehead atoms. The molecule has 2 rings (SSSR count). The maximum absolute atomic E-state index is 12.0. The van der Waals surface area contributed by atoms with Gasteiger partial charge in [-0.3, -0.25) is 4.90 Å². The molecule has 2 atom stereocenters. The van der Waals surface area contributed by atoms with Crippen molar-refractivity contribution >= 4 is 5.97 Å². The van der Waals surface area contributed by atoms with E-state index in [1.807, 2.05) is 25.1 Å². The number of nitrogens with zero attached hydrogens (tertiary/aromatic N) is 1. The highest BCUT2D eigenvalue weighted by atomic mass is 16.7. The van der Waals surface area contributed by atoms with E-state index in [1.54, 1.807) is 6.07 Å². The summed E-state index contributed by atoms with van der Waals surface area (Å²) in [6.45, 7) is 7.13. The first-order valence-corrected chi connectivity index (χ1v) is 6.93. The number of hydrogen-bond donors (Lipinski definition) is 1. The Balaban J connectivity index is 1.98. The van der Waals surface area contributed by atoms with E-state index in [-0.39, 0.29) is 5.97 Å². The molecule has 108 valence electrons. The minimum atomic E-state index is -0.353. The van der Waals surface area contributed by atoms with E-state index in [0.29, 0.717) is 17.5 Å². The summed E-state index contributed by atoms with van der Waals surface area (Å²) >= 11 is 0. The zero-order chi connectivity index (χ0) is 14.7. The molecule has 0 aromatic heterocycles. The van der Waals surface area contributed by atoms with Crippen molar-refractivity contribution in [2.45, 2.75) is 26.8 Å². The molecule has 0 spiro atoms. The van der Waals surface area contributed by atoms with Crippen LogP contribution >= 0.6 is 0 Å². The number of carbonyl (C=O) groups excluding carboxylic acids is 1. The largest absolute Gasteiger partial charge is 0.362 e. The predicted molar refractivity (Wildman–Crippen MR) is 79.1 cm³/mol. The van der Waals surface area contributed by atoms with Gasteiger partial charge in [0.05, 0.1) is 11.3 Å². The molecule has 0 radical (unpaired) electrons. The van der Waals surface area contributed by atoms with Gasteiger partial charge in [0.1, 0.15) is 0 Å². The molecule has 4 heteroatoms. The fourth-order valence-corrected chi connectivity index (χ4v) is 2.32. The molecule has 1 aromatic carbocycles. The summed E-state index contributed by atoms with van der Waals surface area (Å²) in [6, 6.07) is 7.72. The average Bonchev–Trinajstić information content (AvgIpc) is 2.41. The molecule has 1 heterocycles. The van der Waals surface area contributed by atoms with Gasteiger partial charge in [0.2, 0.25) is 0 Å². The van der Waals surface area contributed by atoms with Crippen LogP contribution in [0.5, 0.6) is 0 Å². The molecule has 20 heavy (non-hydrogen) atoms. The minimum absolute atomic E-state index is 0.321. The third kappa shape index (κ3) is 3.39. The van der Waals surface area contributed by atoms with Gasteiger partial charge >= 0.3 is 5.97 Å². The zero-order valence-electron chi connectivity index (χ0n) is 12.5. The molecule has 2 unspecified atom stereocenters. The summed E-state index contributed by atoms with van der Waals surface area (Å²) in [6.07, 6.45) is 2.09. The Morgan fingerprint density at radius 1 is 1.40 bits per heavy atom. The van der Waals surface area contributed by atoms with E-state index >= 15 is 0 Å². The fraction of sp³-hybridized carbons (Fsp3) is 0.438. The van der Waals surface area contributed by atoms with E-state index in [2.05, 4.69) is 37.4 Å². The maximum atomic E-state index is 12.0. The smallest absolute Gasteiger partial charge is 0.338 e. The van der Waals surface area contributed by atoms with Gasteiger partial charge in [-0.1, -0.05) is 24.6 Å². The van der Waals surface area contributed by atoms with Crippen molar-refractivity contribution in [3.63, 3.8) is 0 Å². The maximum Gasteiger partial charge on any atom is 0.362 e. The standard InChI is InChI=1S/C16H22N2O2/c1-11-6-5-7-14(8-11)16(19)20-17-15-9-13(3)18(4)10-12(15)2/h5-9,12-13,17H,10H2,1-4H3. The Kier molecular flexibility index (Phi) is 4.45. The molecule has 0 aliphatic carbocycles. The SMILES string of the molecule is Cc1cccc(C(=O)ONC2=CC(C)N(C)CC2C)c1. The Hall–Kier alpha value is -1.81. The quantitative estimate of drug-likeness (QED) is 0.860. The Labute approximate surface area is 120 Å². The summed E-state index contributed by atoms with van der Waals surface area (Å²) in [5, 5.41) is 0. The van der Waals surface area contributed by atoms with Gasteiger partial charge in [-0.15, -0.1) is 0 Å². The second-order valence-corrected chi connectivity index (χ2v) is 5.56. The van der Waals surface area contributed by atoms with Crippen LogP contribution in [0.25, 0.3) is 0 Å². The first-order chi connectivity index (χ1) is 9.47. The number of rotatable bonds is 3. The first-order valence-electron chi connectivity index (χ1n) is 6.93. The average molecular weight is 274 g/mol. The highest BCUT2D eigenvalue weighted by Gasteiger charge is 2.22. The third-order valence-electron chi connectivity index (χ3n) is 3.72. The number of likely N-dealkylation sites (N-methyl/N-ethyl adjacent to an activating group) is 1. The van der Waals surface area contributed by atoms with E-state index in [4.69, 9.17) is 4.84 Å². The van der Waals surface area contributed by atoms with Crippen molar-refractivity contribution in [2.75, 3.05) is 13.6 Å². The monoisotopic (exact) mass is 274 g/mol. The molecule has 1 aromatic rings. The summed E-state index contributed by atoms with van der Waals surface area (Å²) in [4.78, 5) is 19.4. The zero-order valence-corrected chi connectivity index (χ0v) is 12.5. The predicted octanol–water partition coefficient (Wildman–Crippen LogP) is 2.51. The number of hydroxylamine groups is 1. The van der Waals surface area contributed by atoms with Gasteiger partial charge in [0.25, 0.3) is 0 Å². The number of nitrogens with one attached hydrogen (secondary N) is 1. The Morgan fingerprint density at radius 3 is 2.85 bits per heavy atom. The van der Waals surface area contributed by atoms with Gasteiger partial charge in [-0.05, 0) is 39.1 Å². The lowest BCUT2D eigenvalue weighted by molar-refractivity contribution is 0.0287. The van der Waals surface area contributed by atoms with Crippen molar-refractivity contribution in [2.24, 2.45) is 5.92 Å². The molecule has 4 nitrogen and oxygen atoms in total. The van der Waals surface area contributed by atoms with Crippen molar-refractivity contribution in [1.82, 2.24) is 10.4 Å². The molecule has 1 N–H and O–H groups in total. The number of aryl methyl sites for hydroxylation is 1. The normalized spacial score (nSPS) is 23.1. The van der Waals surface area contributed by atoms with E-state index in [1.165, 1.54) is 0 Å². The van der Waals surface area contributed by atoms with Gasteiger partial charge in [-0.2, -0.15) is 0 Å². The fourth-order valence-electron chi connectivity index (χ4n) is 2.32. The number of benzene rings is 1. The van der Waals surface area contributed by atoms with Crippen LogP contribution in [-0.2, 0) is 4.84 Å². The minimum Gasteiger partial charge on any atom is -0.338 e. The van der Waals surface area contributed by atoms with Gasteiger partial charge in [0, 0.05) is 18.5 Å². The summed E-state index contributed by atoms with van der Waals surface area (Å²) in [5.74, 6) is -0.0325. The first kappa shape index (κ1) is 14.6. The molecule has 0 saturated carbocycles. The molecular formula is C16H22N2O2. The van der Waals surface area contributed by atoms with E-state index < -0.39 is 0 Å². The highest BCUT2D eigenvalue weighted by molar-refractivity contribution is 5.89. The van der Waals surface area contributed by atoms with Gasteiger partial charge in [-0.25, -0.2) is 10.3 Å². The molecule has 1 aliphatic heterocycles. The van der Waals surface area contributed by atoms with Crippen LogP contribution in [0.15, 0.2) is 36.0 Å². The van der Waals surface area contributed by atoms with Crippen LogP contribution < -0.4 is 5.48 Å². The number of hydrogen-bond acceptors (Lipinski definition) is 4. The summed E-state index contributed by atoms with van der Waals surface area (Å²) in [7, 11) is 2.09. The highest BCUT2D eigenvalue weighted by Crippen LogP contribution is 2.18. The van der Waals surface area contributed by atoms with Crippen molar-refractivity contribution < 1.29 is 9.63 Å². The molecular weight excluding hydrogens is 252 g/mol.